The molecule has 1 aromatic rings. The Morgan fingerprint density at radius 2 is 2.10 bits per heavy atom. The summed E-state index contributed by atoms with van der Waals surface area (Å²) in [5, 5.41) is 3.26. The van der Waals surface area contributed by atoms with Crippen molar-refractivity contribution >= 4 is 0 Å². The lowest BCUT2D eigenvalue weighted by atomic mass is 10.3. The van der Waals surface area contributed by atoms with Gasteiger partial charge in [0.15, 0.2) is 0 Å². The van der Waals surface area contributed by atoms with Gasteiger partial charge in [-0.1, -0.05) is 6.92 Å². The maximum Gasteiger partial charge on any atom is 0.328 e. The van der Waals surface area contributed by atoms with Gasteiger partial charge in [0.2, 0.25) is 0 Å². The SMILES string of the molecule is CCc1cn(CCNCCCOC(C)C)c(=O)[nH]c1=O. The van der Waals surface area contributed by atoms with Crippen molar-refractivity contribution in [2.24, 2.45) is 0 Å². The molecule has 1 rings (SSSR count). The number of aromatic amines is 1. The zero-order valence-electron chi connectivity index (χ0n) is 12.6. The number of ether oxygens (including phenoxy) is 1. The molecule has 0 bridgehead atoms. The van der Waals surface area contributed by atoms with Gasteiger partial charge in [0.25, 0.3) is 5.56 Å². The lowest BCUT2D eigenvalue weighted by Gasteiger charge is -2.09. The highest BCUT2D eigenvalue weighted by atomic mass is 16.5. The van der Waals surface area contributed by atoms with Crippen LogP contribution in [0.3, 0.4) is 0 Å². The molecular formula is C14H25N3O3. The maximum absolute atomic E-state index is 11.6. The average Bonchev–Trinajstić information content (AvgIpc) is 2.39. The van der Waals surface area contributed by atoms with Gasteiger partial charge in [0, 0.05) is 31.5 Å². The summed E-state index contributed by atoms with van der Waals surface area (Å²) in [6, 6.07) is 0. The standard InChI is InChI=1S/C14H25N3O3/c1-4-12-10-17(14(19)16-13(12)18)8-7-15-6-5-9-20-11(2)3/h10-11,15H,4-9H2,1-3H3,(H,16,18,19). The zero-order chi connectivity index (χ0) is 15.0. The maximum atomic E-state index is 11.6. The molecule has 1 aromatic heterocycles. The van der Waals surface area contributed by atoms with Crippen LogP contribution in [0.15, 0.2) is 15.8 Å². The van der Waals surface area contributed by atoms with E-state index in [1.54, 1.807) is 6.20 Å². The van der Waals surface area contributed by atoms with Crippen LogP contribution in [0.2, 0.25) is 0 Å². The summed E-state index contributed by atoms with van der Waals surface area (Å²) in [7, 11) is 0. The molecule has 0 amide bonds. The molecule has 0 unspecified atom stereocenters. The molecule has 0 aliphatic rings. The van der Waals surface area contributed by atoms with Crippen molar-refractivity contribution in [1.82, 2.24) is 14.9 Å². The van der Waals surface area contributed by atoms with E-state index in [9.17, 15) is 9.59 Å². The number of aromatic nitrogens is 2. The minimum atomic E-state index is -0.350. The first kappa shape index (κ1) is 16.7. The van der Waals surface area contributed by atoms with Crippen LogP contribution in [0.4, 0.5) is 0 Å². The number of aryl methyl sites for hydroxylation is 1. The molecule has 0 aliphatic carbocycles. The summed E-state index contributed by atoms with van der Waals surface area (Å²) in [5.74, 6) is 0. The number of hydrogen-bond acceptors (Lipinski definition) is 4. The van der Waals surface area contributed by atoms with Gasteiger partial charge in [-0.3, -0.25) is 14.3 Å². The van der Waals surface area contributed by atoms with Gasteiger partial charge in [0.05, 0.1) is 6.10 Å². The van der Waals surface area contributed by atoms with Crippen LogP contribution in [0.25, 0.3) is 0 Å². The van der Waals surface area contributed by atoms with Crippen LogP contribution >= 0.6 is 0 Å². The summed E-state index contributed by atoms with van der Waals surface area (Å²) in [4.78, 5) is 25.4. The van der Waals surface area contributed by atoms with E-state index in [0.29, 0.717) is 25.1 Å². The predicted octanol–water partition coefficient (Wildman–Crippen LogP) is 0.504. The highest BCUT2D eigenvalue weighted by Crippen LogP contribution is 1.90. The monoisotopic (exact) mass is 283 g/mol. The van der Waals surface area contributed by atoms with Crippen molar-refractivity contribution in [3.8, 4) is 0 Å². The van der Waals surface area contributed by atoms with Crippen LogP contribution in [0.1, 0.15) is 32.8 Å². The fraction of sp³-hybridized carbons (Fsp3) is 0.714. The molecule has 0 saturated heterocycles. The molecule has 0 saturated carbocycles. The Labute approximate surface area is 119 Å². The molecule has 0 radical (unpaired) electrons. The third-order valence-electron chi connectivity index (χ3n) is 2.94. The fourth-order valence-corrected chi connectivity index (χ4v) is 1.81. The van der Waals surface area contributed by atoms with Crippen LogP contribution in [-0.4, -0.2) is 35.4 Å². The van der Waals surface area contributed by atoms with E-state index in [4.69, 9.17) is 4.74 Å². The molecular weight excluding hydrogens is 258 g/mol. The highest BCUT2D eigenvalue weighted by Gasteiger charge is 2.02. The lowest BCUT2D eigenvalue weighted by Crippen LogP contribution is -2.34. The Balaban J connectivity index is 2.32. The minimum absolute atomic E-state index is 0.266. The largest absolute Gasteiger partial charge is 0.379 e. The minimum Gasteiger partial charge on any atom is -0.379 e. The molecule has 0 fully saturated rings. The van der Waals surface area contributed by atoms with Crippen molar-refractivity contribution in [2.75, 3.05) is 19.7 Å². The smallest absolute Gasteiger partial charge is 0.328 e. The Morgan fingerprint density at radius 3 is 2.75 bits per heavy atom. The molecule has 0 aliphatic heterocycles. The van der Waals surface area contributed by atoms with Crippen molar-refractivity contribution in [1.29, 1.82) is 0 Å². The fourth-order valence-electron chi connectivity index (χ4n) is 1.81. The Hall–Kier alpha value is -1.40. The summed E-state index contributed by atoms with van der Waals surface area (Å²) < 4.78 is 6.97. The van der Waals surface area contributed by atoms with Crippen LogP contribution in [0.5, 0.6) is 0 Å². The summed E-state index contributed by atoms with van der Waals surface area (Å²) in [6.45, 7) is 8.76. The molecule has 20 heavy (non-hydrogen) atoms. The van der Waals surface area contributed by atoms with Gasteiger partial charge >= 0.3 is 5.69 Å². The van der Waals surface area contributed by atoms with E-state index < -0.39 is 0 Å². The van der Waals surface area contributed by atoms with E-state index in [1.807, 2.05) is 20.8 Å². The second-order valence-electron chi connectivity index (χ2n) is 4.98. The van der Waals surface area contributed by atoms with E-state index in [-0.39, 0.29) is 17.4 Å². The first-order valence-corrected chi connectivity index (χ1v) is 7.19. The van der Waals surface area contributed by atoms with Gasteiger partial charge in [-0.2, -0.15) is 0 Å². The van der Waals surface area contributed by atoms with Crippen LogP contribution in [0, 0.1) is 0 Å². The summed E-state index contributed by atoms with van der Waals surface area (Å²) in [5.41, 5.74) is -0.000354. The van der Waals surface area contributed by atoms with Crippen molar-refractivity contribution in [2.45, 2.75) is 46.3 Å². The Morgan fingerprint density at radius 1 is 1.35 bits per heavy atom. The number of nitrogens with zero attached hydrogens (tertiary/aromatic N) is 1. The first-order chi connectivity index (χ1) is 9.54. The number of hydrogen-bond donors (Lipinski definition) is 2. The molecule has 114 valence electrons. The van der Waals surface area contributed by atoms with E-state index in [2.05, 4.69) is 10.3 Å². The average molecular weight is 283 g/mol. The Bertz CT molecular complexity index is 505. The second kappa shape index (κ2) is 8.71. The van der Waals surface area contributed by atoms with Gasteiger partial charge < -0.3 is 10.1 Å². The van der Waals surface area contributed by atoms with Gasteiger partial charge in [-0.25, -0.2) is 4.79 Å². The van der Waals surface area contributed by atoms with Gasteiger partial charge in [-0.15, -0.1) is 0 Å². The van der Waals surface area contributed by atoms with Crippen molar-refractivity contribution < 1.29 is 4.74 Å². The second-order valence-corrected chi connectivity index (χ2v) is 4.98. The van der Waals surface area contributed by atoms with E-state index in [0.717, 1.165) is 19.6 Å². The molecule has 0 atom stereocenters. The third kappa shape index (κ3) is 5.71. The first-order valence-electron chi connectivity index (χ1n) is 7.19. The number of nitrogens with one attached hydrogen (secondary N) is 2. The van der Waals surface area contributed by atoms with Crippen LogP contribution < -0.4 is 16.6 Å². The molecule has 2 N–H and O–H groups in total. The van der Waals surface area contributed by atoms with Crippen molar-refractivity contribution in [3.63, 3.8) is 0 Å². The quantitative estimate of drug-likeness (QED) is 0.647. The van der Waals surface area contributed by atoms with E-state index >= 15 is 0 Å². The predicted molar refractivity (Wildman–Crippen MR) is 79.3 cm³/mol. The topological polar surface area (TPSA) is 76.1 Å². The van der Waals surface area contributed by atoms with Crippen LogP contribution in [-0.2, 0) is 17.7 Å². The van der Waals surface area contributed by atoms with Gasteiger partial charge in [0.1, 0.15) is 0 Å². The molecule has 6 nitrogen and oxygen atoms in total. The number of H-pyrrole nitrogens is 1. The third-order valence-corrected chi connectivity index (χ3v) is 2.94. The van der Waals surface area contributed by atoms with Crippen molar-refractivity contribution in [3.05, 3.63) is 32.6 Å². The Kier molecular flexibility index (Phi) is 7.25. The molecule has 1 heterocycles. The highest BCUT2D eigenvalue weighted by molar-refractivity contribution is 5.03. The summed E-state index contributed by atoms with van der Waals surface area (Å²) >= 11 is 0. The molecule has 6 heteroatoms. The normalized spacial score (nSPS) is 11.2. The van der Waals surface area contributed by atoms with E-state index in [1.165, 1.54) is 4.57 Å². The zero-order valence-corrected chi connectivity index (χ0v) is 12.6. The molecule has 0 aromatic carbocycles. The van der Waals surface area contributed by atoms with Gasteiger partial charge in [-0.05, 0) is 33.2 Å². The lowest BCUT2D eigenvalue weighted by molar-refractivity contribution is 0.0771. The molecule has 0 spiro atoms. The number of rotatable bonds is 9. The summed E-state index contributed by atoms with van der Waals surface area (Å²) in [6.07, 6.45) is 3.47.